The number of benzene rings is 2. The average Bonchev–Trinajstić information content (AvgIpc) is 3.44. The number of aryl methyl sites for hydroxylation is 1. The number of nitrogens with one attached hydrogen (secondary N) is 1. The summed E-state index contributed by atoms with van der Waals surface area (Å²) in [6.45, 7) is 1.83. The molecule has 0 saturated heterocycles. The third kappa shape index (κ3) is 5.13. The minimum Gasteiger partial charge on any atom is -0.497 e. The molecule has 166 valence electrons. The molecule has 0 spiro atoms. The molecule has 10 heteroatoms. The Morgan fingerprint density at radius 3 is 2.58 bits per heavy atom. The molecule has 0 aliphatic heterocycles. The lowest BCUT2D eigenvalue weighted by Crippen LogP contribution is -2.12. The number of anilines is 1. The van der Waals surface area contributed by atoms with Gasteiger partial charge in [0.2, 0.25) is 11.0 Å². The van der Waals surface area contributed by atoms with E-state index in [1.807, 2.05) is 36.6 Å². The predicted octanol–water partition coefficient (Wildman–Crippen LogP) is 4.87. The molecule has 0 aliphatic carbocycles. The number of nitro benzene ring substituents is 1. The number of hydrogen-bond acceptors (Lipinski definition) is 7. The summed E-state index contributed by atoms with van der Waals surface area (Å²) in [6, 6.07) is 15.3. The molecule has 4 rings (SSSR count). The van der Waals surface area contributed by atoms with Gasteiger partial charge in [0.25, 0.3) is 5.69 Å². The van der Waals surface area contributed by atoms with Crippen LogP contribution in [0.15, 0.2) is 66.1 Å². The van der Waals surface area contributed by atoms with Crippen molar-refractivity contribution in [1.29, 1.82) is 0 Å². The molecule has 2 aromatic heterocycles. The molecule has 4 aromatic rings. The van der Waals surface area contributed by atoms with Crippen molar-refractivity contribution in [1.82, 2.24) is 14.8 Å². The minimum absolute atomic E-state index is 0.00608. The number of ether oxygens (including phenoxy) is 1. The maximum absolute atomic E-state index is 12.5. The molecule has 9 nitrogen and oxygen atoms in total. The Morgan fingerprint density at radius 1 is 1.18 bits per heavy atom. The molecular formula is C23H19N5O4S. The third-order valence-corrected chi connectivity index (χ3v) is 5.49. The quantitative estimate of drug-likeness (QED) is 0.239. The van der Waals surface area contributed by atoms with Crippen molar-refractivity contribution >= 4 is 34.8 Å². The summed E-state index contributed by atoms with van der Waals surface area (Å²) in [4.78, 5) is 27.4. The Bertz CT molecular complexity index is 1320. The highest BCUT2D eigenvalue weighted by Gasteiger charge is 2.14. The second kappa shape index (κ2) is 9.45. The SMILES string of the molecule is COc1ccc(-c2csc(-n3nc(C)cc3NC(=O)/C=C/c3ccc([N+](=O)[O-])cc3)n2)cc1. The van der Waals surface area contributed by atoms with Crippen LogP contribution in [-0.4, -0.2) is 32.7 Å². The fourth-order valence-corrected chi connectivity index (χ4v) is 3.83. The minimum atomic E-state index is -0.470. The first-order valence-corrected chi connectivity index (χ1v) is 10.7. The number of non-ortho nitro benzene ring substituents is 1. The number of thiazole rings is 1. The van der Waals surface area contributed by atoms with Gasteiger partial charge >= 0.3 is 0 Å². The molecule has 1 N–H and O–H groups in total. The zero-order valence-corrected chi connectivity index (χ0v) is 18.6. The van der Waals surface area contributed by atoms with Crippen molar-refractivity contribution < 1.29 is 14.5 Å². The molecule has 2 heterocycles. The number of rotatable bonds is 7. The van der Waals surface area contributed by atoms with Gasteiger partial charge in [-0.05, 0) is 55.0 Å². The summed E-state index contributed by atoms with van der Waals surface area (Å²) < 4.78 is 6.78. The van der Waals surface area contributed by atoms with Gasteiger partial charge in [-0.1, -0.05) is 0 Å². The fraction of sp³-hybridized carbons (Fsp3) is 0.0870. The lowest BCUT2D eigenvalue weighted by Gasteiger charge is -2.04. The van der Waals surface area contributed by atoms with Crippen LogP contribution in [0.2, 0.25) is 0 Å². The molecule has 0 saturated carbocycles. The standard InChI is InChI=1S/C23H19N5O4S/c1-15-13-21(25-22(29)12-5-16-3-8-18(9-4-16)28(30)31)27(26-15)23-24-20(14-33-23)17-6-10-19(32-2)11-7-17/h3-14H,1-2H3,(H,25,29)/b12-5+. The Kier molecular flexibility index (Phi) is 6.27. The van der Waals surface area contributed by atoms with Crippen LogP contribution in [-0.2, 0) is 4.79 Å². The normalized spacial score (nSPS) is 11.0. The largest absolute Gasteiger partial charge is 0.497 e. The van der Waals surface area contributed by atoms with Gasteiger partial charge in [0, 0.05) is 35.2 Å². The summed E-state index contributed by atoms with van der Waals surface area (Å²) in [5.41, 5.74) is 3.13. The van der Waals surface area contributed by atoms with E-state index < -0.39 is 4.92 Å². The van der Waals surface area contributed by atoms with Crippen molar-refractivity contribution in [2.45, 2.75) is 6.92 Å². The summed E-state index contributed by atoms with van der Waals surface area (Å²) >= 11 is 1.41. The first-order chi connectivity index (χ1) is 15.9. The van der Waals surface area contributed by atoms with E-state index in [9.17, 15) is 14.9 Å². The third-order valence-electron chi connectivity index (χ3n) is 4.67. The number of carbonyl (C=O) groups is 1. The highest BCUT2D eigenvalue weighted by molar-refractivity contribution is 7.12. The Morgan fingerprint density at radius 2 is 1.91 bits per heavy atom. The van der Waals surface area contributed by atoms with Gasteiger partial charge in [0.1, 0.15) is 11.6 Å². The number of amides is 1. The number of nitrogens with zero attached hydrogens (tertiary/aromatic N) is 4. The topological polar surface area (TPSA) is 112 Å². The molecule has 0 radical (unpaired) electrons. The number of aromatic nitrogens is 3. The predicted molar refractivity (Wildman–Crippen MR) is 127 cm³/mol. The van der Waals surface area contributed by atoms with Gasteiger partial charge in [-0.15, -0.1) is 11.3 Å². The molecule has 0 unspecified atom stereocenters. The molecule has 0 fully saturated rings. The van der Waals surface area contributed by atoms with E-state index in [-0.39, 0.29) is 11.6 Å². The molecule has 1 amide bonds. The van der Waals surface area contributed by atoms with Gasteiger partial charge in [0.05, 0.1) is 23.4 Å². The highest BCUT2D eigenvalue weighted by atomic mass is 32.1. The molecule has 2 aromatic carbocycles. The number of carbonyl (C=O) groups excluding carboxylic acids is 1. The van der Waals surface area contributed by atoms with Crippen molar-refractivity contribution in [3.63, 3.8) is 0 Å². The molecule has 33 heavy (non-hydrogen) atoms. The fourth-order valence-electron chi connectivity index (χ4n) is 3.04. The van der Waals surface area contributed by atoms with Crippen LogP contribution in [0.1, 0.15) is 11.3 Å². The smallest absolute Gasteiger partial charge is 0.269 e. The van der Waals surface area contributed by atoms with Crippen LogP contribution in [0.5, 0.6) is 5.75 Å². The van der Waals surface area contributed by atoms with Gasteiger partial charge in [0.15, 0.2) is 0 Å². The Labute approximate surface area is 193 Å². The van der Waals surface area contributed by atoms with Crippen molar-refractivity contribution in [2.24, 2.45) is 0 Å². The van der Waals surface area contributed by atoms with Crippen LogP contribution >= 0.6 is 11.3 Å². The number of methoxy groups -OCH3 is 1. The van der Waals surface area contributed by atoms with E-state index in [1.165, 1.54) is 29.5 Å². The summed E-state index contributed by atoms with van der Waals surface area (Å²) in [7, 11) is 1.62. The van der Waals surface area contributed by atoms with Crippen LogP contribution in [0, 0.1) is 17.0 Å². The molecule has 0 atom stereocenters. The Balaban J connectivity index is 1.50. The highest BCUT2D eigenvalue weighted by Crippen LogP contribution is 2.27. The van der Waals surface area contributed by atoms with Gasteiger partial charge < -0.3 is 10.1 Å². The van der Waals surface area contributed by atoms with E-state index >= 15 is 0 Å². The second-order valence-corrected chi connectivity index (χ2v) is 7.83. The Hall–Kier alpha value is -4.31. The first kappa shape index (κ1) is 21.9. The van der Waals surface area contributed by atoms with E-state index in [2.05, 4.69) is 15.4 Å². The van der Waals surface area contributed by atoms with E-state index in [0.29, 0.717) is 16.5 Å². The summed E-state index contributed by atoms with van der Waals surface area (Å²) in [5.74, 6) is 0.895. The first-order valence-electron chi connectivity index (χ1n) is 9.83. The molecule has 0 aliphatic rings. The van der Waals surface area contributed by atoms with Crippen molar-refractivity contribution in [3.8, 4) is 22.1 Å². The zero-order chi connectivity index (χ0) is 23.4. The van der Waals surface area contributed by atoms with E-state index in [4.69, 9.17) is 4.74 Å². The monoisotopic (exact) mass is 461 g/mol. The lowest BCUT2D eigenvalue weighted by molar-refractivity contribution is -0.384. The van der Waals surface area contributed by atoms with Gasteiger partial charge in [-0.3, -0.25) is 14.9 Å². The maximum atomic E-state index is 12.5. The van der Waals surface area contributed by atoms with Gasteiger partial charge in [-0.25, -0.2) is 4.98 Å². The van der Waals surface area contributed by atoms with Crippen LogP contribution in [0.4, 0.5) is 11.5 Å². The number of hydrogen-bond donors (Lipinski definition) is 1. The summed E-state index contributed by atoms with van der Waals surface area (Å²) in [5, 5.41) is 20.6. The average molecular weight is 462 g/mol. The number of nitro groups is 1. The molecule has 0 bridgehead atoms. The summed E-state index contributed by atoms with van der Waals surface area (Å²) in [6.07, 6.45) is 2.94. The van der Waals surface area contributed by atoms with E-state index in [0.717, 1.165) is 22.7 Å². The van der Waals surface area contributed by atoms with Crippen LogP contribution < -0.4 is 10.1 Å². The van der Waals surface area contributed by atoms with Crippen molar-refractivity contribution in [3.05, 3.63) is 87.4 Å². The lowest BCUT2D eigenvalue weighted by atomic mass is 10.2. The zero-order valence-electron chi connectivity index (χ0n) is 17.8. The van der Waals surface area contributed by atoms with Crippen LogP contribution in [0.3, 0.4) is 0 Å². The van der Waals surface area contributed by atoms with Crippen molar-refractivity contribution in [2.75, 3.05) is 12.4 Å². The molecular weight excluding hydrogens is 442 g/mol. The van der Waals surface area contributed by atoms with E-state index in [1.54, 1.807) is 36.1 Å². The second-order valence-electron chi connectivity index (χ2n) is 7.00. The maximum Gasteiger partial charge on any atom is 0.269 e. The van der Waals surface area contributed by atoms with Crippen LogP contribution in [0.25, 0.3) is 22.5 Å². The van der Waals surface area contributed by atoms with Gasteiger partial charge in [-0.2, -0.15) is 9.78 Å².